The molecule has 26 heavy (non-hydrogen) atoms. The first-order valence-corrected chi connectivity index (χ1v) is 8.89. The first-order valence-electron chi connectivity index (χ1n) is 8.89. The third-order valence-electron chi connectivity index (χ3n) is 4.82. The maximum atomic E-state index is 14.0. The minimum Gasteiger partial charge on any atom is -0.356 e. The average molecular weight is 360 g/mol. The number of fused-ring (bicyclic) bond motifs is 1. The van der Waals surface area contributed by atoms with Crippen LogP contribution in [0.3, 0.4) is 0 Å². The molecular weight excluding hydrogens is 335 g/mol. The van der Waals surface area contributed by atoms with Crippen LogP contribution in [0.25, 0.3) is 10.9 Å². The van der Waals surface area contributed by atoms with Gasteiger partial charge in [-0.1, -0.05) is 12.1 Å². The largest absolute Gasteiger partial charge is 0.356 e. The normalized spacial score (nSPS) is 20.2. The number of H-pyrrole nitrogens is 1. The number of hydrogen-bond acceptors (Lipinski definition) is 3. The predicted molar refractivity (Wildman–Crippen MR) is 98.1 cm³/mol. The van der Waals surface area contributed by atoms with Gasteiger partial charge in [0.1, 0.15) is 11.9 Å². The molecule has 2 atom stereocenters. The van der Waals surface area contributed by atoms with Gasteiger partial charge in [0.25, 0.3) is 0 Å². The summed E-state index contributed by atoms with van der Waals surface area (Å²) in [5.74, 6) is -0.695. The molecule has 1 aliphatic heterocycles. The molecule has 1 fully saturated rings. The molecule has 3 rings (SSSR count). The van der Waals surface area contributed by atoms with Crippen molar-refractivity contribution in [3.63, 3.8) is 0 Å². The fraction of sp³-hybridized carbons (Fsp3) is 0.474. The molecule has 1 aromatic carbocycles. The molecule has 0 bridgehead atoms. The van der Waals surface area contributed by atoms with Crippen LogP contribution in [0.2, 0.25) is 0 Å². The highest BCUT2D eigenvalue weighted by Gasteiger charge is 2.38. The first-order chi connectivity index (χ1) is 12.3. The Bertz CT molecular complexity index is 845. The second-order valence-corrected chi connectivity index (χ2v) is 7.29. The maximum Gasteiger partial charge on any atom is 0.243 e. The van der Waals surface area contributed by atoms with Crippen molar-refractivity contribution in [2.24, 2.45) is 5.73 Å². The highest BCUT2D eigenvalue weighted by atomic mass is 19.1. The highest BCUT2D eigenvalue weighted by molar-refractivity contribution is 5.93. The van der Waals surface area contributed by atoms with Gasteiger partial charge in [-0.25, -0.2) is 4.39 Å². The Balaban J connectivity index is 1.84. The molecule has 7 heteroatoms. The van der Waals surface area contributed by atoms with E-state index in [1.54, 1.807) is 17.0 Å². The number of benzene rings is 1. The van der Waals surface area contributed by atoms with E-state index in [1.165, 1.54) is 6.07 Å². The molecule has 1 aromatic heterocycles. The van der Waals surface area contributed by atoms with E-state index in [4.69, 9.17) is 5.73 Å². The van der Waals surface area contributed by atoms with Gasteiger partial charge in [-0.05, 0) is 38.8 Å². The van der Waals surface area contributed by atoms with Gasteiger partial charge in [0.2, 0.25) is 11.8 Å². The molecule has 1 aliphatic rings. The Labute approximate surface area is 151 Å². The van der Waals surface area contributed by atoms with Crippen LogP contribution >= 0.6 is 0 Å². The van der Waals surface area contributed by atoms with Gasteiger partial charge in [0, 0.05) is 29.7 Å². The van der Waals surface area contributed by atoms with Crippen molar-refractivity contribution in [3.05, 3.63) is 35.3 Å². The fourth-order valence-electron chi connectivity index (χ4n) is 3.62. The standard InChI is InChI=1S/C19H25FN4O2/c1-10(2)22-19(26)16-7-12(21)9-24(16)17(25)8-14-11(3)23-18-13(14)5-4-6-15(18)20/h4-6,10,12,16,23H,7-9,21H2,1-3H3,(H,22,26)/t12-,16-/m0/s1. The van der Waals surface area contributed by atoms with E-state index in [-0.39, 0.29) is 36.1 Å². The summed E-state index contributed by atoms with van der Waals surface area (Å²) in [5, 5.41) is 3.55. The first kappa shape index (κ1) is 18.4. The predicted octanol–water partition coefficient (Wildman–Crippen LogP) is 1.61. The summed E-state index contributed by atoms with van der Waals surface area (Å²) in [6.45, 7) is 5.93. The van der Waals surface area contributed by atoms with E-state index in [0.717, 1.165) is 11.3 Å². The van der Waals surface area contributed by atoms with Crippen LogP contribution in [-0.4, -0.2) is 46.4 Å². The van der Waals surface area contributed by atoms with Crippen LogP contribution in [-0.2, 0) is 16.0 Å². The molecule has 0 saturated carbocycles. The summed E-state index contributed by atoms with van der Waals surface area (Å²) >= 11 is 0. The molecule has 0 radical (unpaired) electrons. The fourth-order valence-corrected chi connectivity index (χ4v) is 3.62. The number of nitrogens with one attached hydrogen (secondary N) is 2. The molecule has 0 spiro atoms. The summed E-state index contributed by atoms with van der Waals surface area (Å²) in [6.07, 6.45) is 0.555. The van der Waals surface area contributed by atoms with E-state index in [9.17, 15) is 14.0 Å². The maximum absolute atomic E-state index is 14.0. The number of aromatic amines is 1. The van der Waals surface area contributed by atoms with Crippen molar-refractivity contribution in [2.75, 3.05) is 6.54 Å². The quantitative estimate of drug-likeness (QED) is 0.774. The van der Waals surface area contributed by atoms with Gasteiger partial charge in [0.05, 0.1) is 11.9 Å². The molecule has 4 N–H and O–H groups in total. The molecule has 0 aliphatic carbocycles. The molecule has 6 nitrogen and oxygen atoms in total. The van der Waals surface area contributed by atoms with Crippen molar-refractivity contribution in [1.82, 2.24) is 15.2 Å². The number of likely N-dealkylation sites (tertiary alicyclic amines) is 1. The second-order valence-electron chi connectivity index (χ2n) is 7.29. The minimum absolute atomic E-state index is 0.00452. The van der Waals surface area contributed by atoms with Gasteiger partial charge < -0.3 is 20.9 Å². The van der Waals surface area contributed by atoms with Gasteiger partial charge >= 0.3 is 0 Å². The summed E-state index contributed by atoms with van der Waals surface area (Å²) in [6, 6.07) is 4.03. The van der Waals surface area contributed by atoms with Crippen molar-refractivity contribution in [2.45, 2.75) is 51.7 Å². The number of carbonyl (C=O) groups excluding carboxylic acids is 2. The molecule has 140 valence electrons. The lowest BCUT2D eigenvalue weighted by Crippen LogP contribution is -2.48. The number of amides is 2. The van der Waals surface area contributed by atoms with Gasteiger partial charge in [-0.3, -0.25) is 9.59 Å². The molecule has 2 amide bonds. The smallest absolute Gasteiger partial charge is 0.243 e. The number of halogens is 1. The Hall–Kier alpha value is -2.41. The van der Waals surface area contributed by atoms with Crippen molar-refractivity contribution < 1.29 is 14.0 Å². The van der Waals surface area contributed by atoms with Crippen molar-refractivity contribution in [3.8, 4) is 0 Å². The summed E-state index contributed by atoms with van der Waals surface area (Å²) in [7, 11) is 0. The number of carbonyl (C=O) groups is 2. The van der Waals surface area contributed by atoms with E-state index in [2.05, 4.69) is 10.3 Å². The SMILES string of the molecule is Cc1[nH]c2c(F)cccc2c1CC(=O)N1C[C@@H](N)C[C@H]1C(=O)NC(C)C. The monoisotopic (exact) mass is 360 g/mol. The number of aryl methyl sites for hydroxylation is 1. The van der Waals surface area contributed by atoms with Crippen LogP contribution in [0.4, 0.5) is 4.39 Å². The number of aromatic nitrogens is 1. The highest BCUT2D eigenvalue weighted by Crippen LogP contribution is 2.26. The minimum atomic E-state index is -0.554. The summed E-state index contributed by atoms with van der Waals surface area (Å²) in [5.41, 5.74) is 7.92. The number of hydrogen-bond donors (Lipinski definition) is 3. The summed E-state index contributed by atoms with van der Waals surface area (Å²) in [4.78, 5) is 29.9. The summed E-state index contributed by atoms with van der Waals surface area (Å²) < 4.78 is 14.0. The third kappa shape index (κ3) is 3.44. The molecular formula is C19H25FN4O2. The van der Waals surface area contributed by atoms with Gasteiger partial charge in [-0.15, -0.1) is 0 Å². The lowest BCUT2D eigenvalue weighted by Gasteiger charge is -2.24. The van der Waals surface area contributed by atoms with Crippen LogP contribution < -0.4 is 11.1 Å². The lowest BCUT2D eigenvalue weighted by atomic mass is 10.1. The van der Waals surface area contributed by atoms with Crippen LogP contribution in [0.5, 0.6) is 0 Å². The van der Waals surface area contributed by atoms with Crippen molar-refractivity contribution in [1.29, 1.82) is 0 Å². The number of nitrogens with zero attached hydrogens (tertiary/aromatic N) is 1. The van der Waals surface area contributed by atoms with Gasteiger partial charge in [0.15, 0.2) is 0 Å². The van der Waals surface area contributed by atoms with Crippen molar-refractivity contribution >= 4 is 22.7 Å². The van der Waals surface area contributed by atoms with E-state index < -0.39 is 6.04 Å². The van der Waals surface area contributed by atoms with E-state index in [1.807, 2.05) is 20.8 Å². The van der Waals surface area contributed by atoms with Crippen LogP contribution in [0.15, 0.2) is 18.2 Å². The Morgan fingerprint density at radius 1 is 1.42 bits per heavy atom. The topological polar surface area (TPSA) is 91.2 Å². The lowest BCUT2D eigenvalue weighted by molar-refractivity contribution is -0.138. The van der Waals surface area contributed by atoms with Gasteiger partial charge in [-0.2, -0.15) is 0 Å². The molecule has 2 aromatic rings. The average Bonchev–Trinajstić information content (AvgIpc) is 3.09. The zero-order chi connectivity index (χ0) is 19.0. The Kier molecular flexibility index (Phi) is 5.00. The number of rotatable bonds is 4. The Morgan fingerprint density at radius 3 is 2.85 bits per heavy atom. The molecule has 2 heterocycles. The van der Waals surface area contributed by atoms with Crippen LogP contribution in [0.1, 0.15) is 31.5 Å². The number of nitrogens with two attached hydrogens (primary N) is 1. The van der Waals surface area contributed by atoms with E-state index >= 15 is 0 Å². The zero-order valence-corrected chi connectivity index (χ0v) is 15.3. The molecule has 0 unspecified atom stereocenters. The molecule has 1 saturated heterocycles. The van der Waals surface area contributed by atoms with E-state index in [0.29, 0.717) is 23.9 Å². The van der Waals surface area contributed by atoms with Crippen LogP contribution in [0, 0.1) is 12.7 Å². The zero-order valence-electron chi connectivity index (χ0n) is 15.3. The number of para-hydroxylation sites is 1. The second kappa shape index (κ2) is 7.07. The third-order valence-corrected chi connectivity index (χ3v) is 4.82. The Morgan fingerprint density at radius 2 is 2.15 bits per heavy atom.